The molecule has 0 amide bonds. The lowest BCUT2D eigenvalue weighted by Gasteiger charge is -2.11. The molecule has 80 valence electrons. The molecule has 1 aromatic carbocycles. The molecule has 0 bridgehead atoms. The van der Waals surface area contributed by atoms with Crippen molar-refractivity contribution >= 4 is 23.9 Å². The van der Waals surface area contributed by atoms with Crippen LogP contribution in [0.4, 0.5) is 0 Å². The van der Waals surface area contributed by atoms with Crippen molar-refractivity contribution in [3.63, 3.8) is 0 Å². The van der Waals surface area contributed by atoms with E-state index < -0.39 is 12.1 Å². The number of rotatable bonds is 4. The van der Waals surface area contributed by atoms with E-state index in [-0.39, 0.29) is 11.3 Å². The van der Waals surface area contributed by atoms with E-state index in [2.05, 4.69) is 0 Å². The van der Waals surface area contributed by atoms with Crippen LogP contribution in [0.25, 0.3) is 0 Å². The summed E-state index contributed by atoms with van der Waals surface area (Å²) in [5, 5.41) is 9.02. The van der Waals surface area contributed by atoms with E-state index in [0.29, 0.717) is 11.3 Å². The van der Waals surface area contributed by atoms with Gasteiger partial charge in [0.1, 0.15) is 5.75 Å². The van der Waals surface area contributed by atoms with Crippen molar-refractivity contribution in [3.05, 3.63) is 28.8 Å². The second kappa shape index (κ2) is 4.79. The first kappa shape index (κ1) is 11.5. The van der Waals surface area contributed by atoms with Gasteiger partial charge in [-0.3, -0.25) is 4.79 Å². The molecule has 0 radical (unpaired) electrons. The van der Waals surface area contributed by atoms with E-state index in [9.17, 15) is 9.59 Å². The summed E-state index contributed by atoms with van der Waals surface area (Å²) in [6.45, 7) is 1.38. The maximum absolute atomic E-state index is 10.6. The number of carbonyl (C=O) groups is 2. The van der Waals surface area contributed by atoms with Gasteiger partial charge in [0.2, 0.25) is 0 Å². The molecular formula is C10H9ClO4. The van der Waals surface area contributed by atoms with Crippen LogP contribution in [0, 0.1) is 0 Å². The number of carboxylic acid groups (broad SMARTS) is 1. The molecule has 0 saturated carbocycles. The van der Waals surface area contributed by atoms with Crippen molar-refractivity contribution in [1.82, 2.24) is 0 Å². The Morgan fingerprint density at radius 2 is 2.27 bits per heavy atom. The Balaban J connectivity index is 2.94. The number of aldehydes is 1. The van der Waals surface area contributed by atoms with Crippen molar-refractivity contribution in [2.75, 3.05) is 0 Å². The van der Waals surface area contributed by atoms with Gasteiger partial charge in [0, 0.05) is 5.02 Å². The fraction of sp³-hybridized carbons (Fsp3) is 0.200. The van der Waals surface area contributed by atoms with Crippen LogP contribution < -0.4 is 4.74 Å². The zero-order valence-electron chi connectivity index (χ0n) is 7.94. The molecule has 1 aromatic rings. The molecule has 0 aromatic heterocycles. The number of hydrogen-bond acceptors (Lipinski definition) is 3. The Kier molecular flexibility index (Phi) is 3.68. The number of halogens is 1. The summed E-state index contributed by atoms with van der Waals surface area (Å²) in [6, 6.07) is 4.41. The zero-order chi connectivity index (χ0) is 11.4. The highest BCUT2D eigenvalue weighted by Gasteiger charge is 2.14. The molecule has 0 aliphatic heterocycles. The molecule has 0 aliphatic rings. The van der Waals surface area contributed by atoms with Crippen LogP contribution in [0.2, 0.25) is 5.02 Å². The van der Waals surface area contributed by atoms with Crippen molar-refractivity contribution in [1.29, 1.82) is 0 Å². The third kappa shape index (κ3) is 2.95. The second-order valence-corrected chi connectivity index (χ2v) is 3.33. The molecule has 0 heterocycles. The molecular weight excluding hydrogens is 220 g/mol. The standard InChI is InChI=1S/C10H9ClO4/c1-6(10(13)14)15-9-3-2-8(11)4-7(9)5-12/h2-6H,1H3,(H,13,14)/t6-/m1/s1. The Morgan fingerprint density at radius 1 is 1.60 bits per heavy atom. The number of carboxylic acids is 1. The highest BCUT2D eigenvalue weighted by molar-refractivity contribution is 6.30. The highest BCUT2D eigenvalue weighted by atomic mass is 35.5. The Bertz CT molecular complexity index is 389. The number of carbonyl (C=O) groups excluding carboxylic acids is 1. The molecule has 1 N–H and O–H groups in total. The van der Waals surface area contributed by atoms with Crippen molar-refractivity contribution in [2.24, 2.45) is 0 Å². The molecule has 4 nitrogen and oxygen atoms in total. The molecule has 15 heavy (non-hydrogen) atoms. The van der Waals surface area contributed by atoms with E-state index in [0.717, 1.165) is 0 Å². The first-order valence-corrected chi connectivity index (χ1v) is 4.56. The first-order valence-electron chi connectivity index (χ1n) is 4.18. The van der Waals surface area contributed by atoms with Crippen LogP contribution in [0.15, 0.2) is 18.2 Å². The number of benzene rings is 1. The van der Waals surface area contributed by atoms with Gasteiger partial charge in [-0.2, -0.15) is 0 Å². The van der Waals surface area contributed by atoms with Crippen LogP contribution in [-0.4, -0.2) is 23.5 Å². The lowest BCUT2D eigenvalue weighted by atomic mass is 10.2. The van der Waals surface area contributed by atoms with Crippen LogP contribution in [-0.2, 0) is 4.79 Å². The summed E-state index contributed by atoms with van der Waals surface area (Å²) in [5.41, 5.74) is 0.232. The van der Waals surface area contributed by atoms with Gasteiger partial charge in [0.05, 0.1) is 5.56 Å². The maximum atomic E-state index is 10.6. The van der Waals surface area contributed by atoms with Gasteiger partial charge >= 0.3 is 5.97 Å². The largest absolute Gasteiger partial charge is 0.479 e. The smallest absolute Gasteiger partial charge is 0.344 e. The molecule has 0 aliphatic carbocycles. The van der Waals surface area contributed by atoms with Gasteiger partial charge in [0.15, 0.2) is 12.4 Å². The lowest BCUT2D eigenvalue weighted by molar-refractivity contribution is -0.144. The number of hydrogen-bond donors (Lipinski definition) is 1. The summed E-state index contributed by atoms with van der Waals surface area (Å²) in [6.07, 6.45) is -0.444. The second-order valence-electron chi connectivity index (χ2n) is 2.90. The third-order valence-corrected chi connectivity index (χ3v) is 1.99. The van der Waals surface area contributed by atoms with Crippen molar-refractivity contribution in [3.8, 4) is 5.75 Å². The average Bonchev–Trinajstić information content (AvgIpc) is 2.20. The Morgan fingerprint density at radius 3 is 2.80 bits per heavy atom. The van der Waals surface area contributed by atoms with Gasteiger partial charge in [-0.1, -0.05) is 11.6 Å². The van der Waals surface area contributed by atoms with E-state index in [1.54, 1.807) is 0 Å². The monoisotopic (exact) mass is 228 g/mol. The summed E-state index contributed by atoms with van der Waals surface area (Å²) in [4.78, 5) is 21.2. The van der Waals surface area contributed by atoms with Crippen molar-refractivity contribution in [2.45, 2.75) is 13.0 Å². The average molecular weight is 229 g/mol. The predicted octanol–water partition coefficient (Wildman–Crippen LogP) is 2.00. The van der Waals surface area contributed by atoms with Crippen molar-refractivity contribution < 1.29 is 19.4 Å². The topological polar surface area (TPSA) is 63.6 Å². The third-order valence-electron chi connectivity index (χ3n) is 1.75. The van der Waals surface area contributed by atoms with E-state index in [4.69, 9.17) is 21.4 Å². The predicted molar refractivity (Wildman–Crippen MR) is 54.6 cm³/mol. The van der Waals surface area contributed by atoms with E-state index in [1.165, 1.54) is 25.1 Å². The van der Waals surface area contributed by atoms with Crippen LogP contribution in [0.1, 0.15) is 17.3 Å². The summed E-state index contributed by atoms with van der Waals surface area (Å²) in [7, 11) is 0. The molecule has 1 atom stereocenters. The van der Waals surface area contributed by atoms with Crippen LogP contribution in [0.3, 0.4) is 0 Å². The van der Waals surface area contributed by atoms with E-state index in [1.807, 2.05) is 0 Å². The van der Waals surface area contributed by atoms with Gasteiger partial charge in [-0.05, 0) is 25.1 Å². The molecule has 0 unspecified atom stereocenters. The van der Waals surface area contributed by atoms with Gasteiger partial charge < -0.3 is 9.84 Å². The Hall–Kier alpha value is -1.55. The summed E-state index contributed by atoms with van der Waals surface area (Å²) < 4.78 is 5.06. The van der Waals surface area contributed by atoms with Gasteiger partial charge in [0.25, 0.3) is 0 Å². The number of ether oxygens (including phenoxy) is 1. The van der Waals surface area contributed by atoms with Crippen LogP contribution in [0.5, 0.6) is 5.75 Å². The summed E-state index contributed by atoms with van der Waals surface area (Å²) >= 11 is 5.66. The maximum Gasteiger partial charge on any atom is 0.344 e. The summed E-state index contributed by atoms with van der Waals surface area (Å²) in [5.74, 6) is -0.883. The lowest BCUT2D eigenvalue weighted by Crippen LogP contribution is -2.23. The molecule has 5 heteroatoms. The Labute approximate surface area is 91.4 Å². The van der Waals surface area contributed by atoms with Gasteiger partial charge in [-0.15, -0.1) is 0 Å². The van der Waals surface area contributed by atoms with Crippen LogP contribution >= 0.6 is 11.6 Å². The van der Waals surface area contributed by atoms with Gasteiger partial charge in [-0.25, -0.2) is 4.79 Å². The molecule has 0 spiro atoms. The minimum atomic E-state index is -1.10. The minimum Gasteiger partial charge on any atom is -0.479 e. The quantitative estimate of drug-likeness (QED) is 0.801. The fourth-order valence-corrected chi connectivity index (χ4v) is 1.14. The highest BCUT2D eigenvalue weighted by Crippen LogP contribution is 2.22. The molecule has 0 fully saturated rings. The van der Waals surface area contributed by atoms with E-state index >= 15 is 0 Å². The normalized spacial score (nSPS) is 11.9. The fourth-order valence-electron chi connectivity index (χ4n) is 0.960. The molecule has 1 rings (SSSR count). The SMILES string of the molecule is C[C@@H](Oc1ccc(Cl)cc1C=O)C(=O)O. The minimum absolute atomic E-state index is 0.212. The molecule has 0 saturated heterocycles. The number of aliphatic carboxylic acids is 1. The zero-order valence-corrected chi connectivity index (χ0v) is 8.69. The first-order chi connectivity index (χ1) is 7.04.